The number of hydrogen-bond acceptors (Lipinski definition) is 1. The van der Waals surface area contributed by atoms with Crippen LogP contribution in [0.15, 0.2) is 303 Å². The topological polar surface area (TPSA) is 18.0 Å². The first-order valence-electron chi connectivity index (χ1n) is 28.3. The van der Waals surface area contributed by atoms with Crippen LogP contribution in [0.1, 0.15) is 0 Å². The molecule has 0 radical (unpaired) electrons. The lowest BCUT2D eigenvalue weighted by molar-refractivity contribution is 1.18. The highest BCUT2D eigenvalue weighted by Gasteiger charge is 2.25. The molecule has 14 aromatic carbocycles. The van der Waals surface area contributed by atoms with Crippen LogP contribution in [0.5, 0.6) is 0 Å². The van der Waals surface area contributed by atoms with Crippen molar-refractivity contribution < 1.29 is 0 Å². The van der Waals surface area contributed by atoms with E-state index in [1.807, 2.05) is 0 Å². The van der Waals surface area contributed by atoms with Gasteiger partial charge in [0, 0.05) is 65.2 Å². The maximum atomic E-state index is 2.54. The number of aromatic nitrogens is 3. The van der Waals surface area contributed by atoms with E-state index in [4.69, 9.17) is 0 Å². The zero-order chi connectivity index (χ0) is 53.8. The lowest BCUT2D eigenvalue weighted by atomic mass is 9.93. The van der Waals surface area contributed by atoms with Crippen molar-refractivity contribution >= 4 is 115 Å². The number of rotatable bonds is 8. The Balaban J connectivity index is 0.907. The van der Waals surface area contributed by atoms with Gasteiger partial charge in [0.1, 0.15) is 0 Å². The van der Waals surface area contributed by atoms with Crippen molar-refractivity contribution in [3.05, 3.63) is 303 Å². The van der Waals surface area contributed by atoms with Crippen LogP contribution >= 0.6 is 0 Å². The van der Waals surface area contributed by atoms with Crippen LogP contribution in [-0.2, 0) is 0 Å². The summed E-state index contributed by atoms with van der Waals surface area (Å²) in [7, 11) is 0. The fourth-order valence-electron chi connectivity index (χ4n) is 13.7. The first-order valence-corrected chi connectivity index (χ1v) is 28.3. The van der Waals surface area contributed by atoms with Crippen LogP contribution in [0.4, 0.5) is 17.1 Å². The Bertz CT molecular complexity index is 5120. The first kappa shape index (κ1) is 46.0. The third-order valence-electron chi connectivity index (χ3n) is 17.2. The lowest BCUT2D eigenvalue weighted by Gasteiger charge is -2.31. The molecule has 82 heavy (non-hydrogen) atoms. The molecule has 0 saturated carbocycles. The maximum absolute atomic E-state index is 2.54. The highest BCUT2D eigenvalue weighted by Crippen LogP contribution is 2.50. The van der Waals surface area contributed by atoms with Gasteiger partial charge in [-0.15, -0.1) is 0 Å². The van der Waals surface area contributed by atoms with Gasteiger partial charge in [-0.05, 0) is 118 Å². The molecule has 0 fully saturated rings. The van der Waals surface area contributed by atoms with E-state index in [9.17, 15) is 0 Å². The van der Waals surface area contributed by atoms with Crippen molar-refractivity contribution in [3.8, 4) is 39.3 Å². The van der Waals surface area contributed by atoms with Gasteiger partial charge in [0.15, 0.2) is 0 Å². The van der Waals surface area contributed by atoms with E-state index in [0.29, 0.717) is 0 Å². The normalized spacial score (nSPS) is 11.9. The zero-order valence-corrected chi connectivity index (χ0v) is 44.7. The minimum atomic E-state index is 1.10. The van der Waals surface area contributed by atoms with Crippen molar-refractivity contribution in [3.63, 3.8) is 0 Å². The Morgan fingerprint density at radius 1 is 0.195 bits per heavy atom. The molecule has 17 aromatic rings. The van der Waals surface area contributed by atoms with Crippen molar-refractivity contribution in [2.24, 2.45) is 0 Å². The Morgan fingerprint density at radius 3 is 0.915 bits per heavy atom. The molecule has 3 heterocycles. The first-order chi connectivity index (χ1) is 40.7. The number of benzene rings is 14. The van der Waals surface area contributed by atoms with Crippen molar-refractivity contribution in [2.45, 2.75) is 0 Å². The molecule has 0 aliphatic heterocycles. The second kappa shape index (κ2) is 18.3. The summed E-state index contributed by atoms with van der Waals surface area (Å²) < 4.78 is 7.28. The molecule has 0 saturated heterocycles. The molecule has 382 valence electrons. The smallest absolute Gasteiger partial charge is 0.0547 e. The van der Waals surface area contributed by atoms with Crippen LogP contribution in [0.2, 0.25) is 0 Å². The van der Waals surface area contributed by atoms with Gasteiger partial charge in [0.25, 0.3) is 0 Å². The Labute approximate surface area is 473 Å². The van der Waals surface area contributed by atoms with E-state index in [0.717, 1.165) is 50.3 Å². The second-order valence-electron chi connectivity index (χ2n) is 21.6. The third kappa shape index (κ3) is 6.92. The molecular formula is C78H50N4. The number of fused-ring (bicyclic) bond motifs is 12. The molecule has 3 aromatic heterocycles. The Morgan fingerprint density at radius 2 is 0.500 bits per heavy atom. The summed E-state index contributed by atoms with van der Waals surface area (Å²) in [6, 6.07) is 112. The number of hydrogen-bond donors (Lipinski definition) is 0. The fourth-order valence-corrected chi connectivity index (χ4v) is 13.7. The summed E-state index contributed by atoms with van der Waals surface area (Å²) in [5.74, 6) is 0. The molecule has 4 nitrogen and oxygen atoms in total. The van der Waals surface area contributed by atoms with Crippen LogP contribution < -0.4 is 4.90 Å². The summed E-state index contributed by atoms with van der Waals surface area (Å²) in [5, 5.41) is 14.5. The standard InChI is InChI=1S/C78H50N4/c1-3-21-53(22-4-1)79-69-35-17-13-33-65(69)67-41-39-51(49-77(67)79)55-43-45-73(59-27-9-7-25-57(55)59)82(76-48-47-75(63-29-11-12-30-64(63)76)81-71-37-19-15-31-61(71)62-32-16-20-38-72(62)81)74-46-44-56(58-26-8-10-28-60(58)74)52-40-42-68-66-34-14-18-36-70(66)80(78(68)50-52)54-23-5-2-6-24-54/h1-50H. The maximum Gasteiger partial charge on any atom is 0.0547 e. The van der Waals surface area contributed by atoms with E-state index < -0.39 is 0 Å². The predicted molar refractivity (Wildman–Crippen MR) is 348 cm³/mol. The van der Waals surface area contributed by atoms with Crippen LogP contribution in [0.25, 0.3) is 137 Å². The molecule has 0 spiro atoms. The third-order valence-corrected chi connectivity index (χ3v) is 17.2. The predicted octanol–water partition coefficient (Wildman–Crippen LogP) is 21.2. The molecule has 0 aliphatic carbocycles. The summed E-state index contributed by atoms with van der Waals surface area (Å²) >= 11 is 0. The quantitative estimate of drug-likeness (QED) is 0.148. The summed E-state index contributed by atoms with van der Waals surface area (Å²) in [5.41, 5.74) is 18.6. The second-order valence-corrected chi connectivity index (χ2v) is 21.6. The van der Waals surface area contributed by atoms with Gasteiger partial charge in [0.2, 0.25) is 0 Å². The summed E-state index contributed by atoms with van der Waals surface area (Å²) in [6.07, 6.45) is 0. The molecular weight excluding hydrogens is 993 g/mol. The van der Waals surface area contributed by atoms with Gasteiger partial charge in [-0.2, -0.15) is 0 Å². The fraction of sp³-hybridized carbons (Fsp3) is 0. The van der Waals surface area contributed by atoms with E-state index in [2.05, 4.69) is 322 Å². The van der Waals surface area contributed by atoms with E-state index >= 15 is 0 Å². The molecule has 0 amide bonds. The van der Waals surface area contributed by atoms with E-state index in [-0.39, 0.29) is 0 Å². The molecule has 0 N–H and O–H groups in total. The number of anilines is 3. The SMILES string of the molecule is c1ccc(-n2c3ccccc3c3ccc(-c4ccc(N(c5ccc(-c6ccc7c8ccccc8n(-c8ccccc8)c7c6)c6ccccc56)c5ccc(-n6c7ccccc7c7ccccc76)c6ccccc56)c5ccccc45)cc32)cc1. The van der Waals surface area contributed by atoms with Gasteiger partial charge in [-0.25, -0.2) is 0 Å². The van der Waals surface area contributed by atoms with Crippen LogP contribution in [0, 0.1) is 0 Å². The highest BCUT2D eigenvalue weighted by atomic mass is 15.1. The molecule has 0 unspecified atom stereocenters. The van der Waals surface area contributed by atoms with E-state index in [1.54, 1.807) is 0 Å². The van der Waals surface area contributed by atoms with Crippen LogP contribution in [-0.4, -0.2) is 13.7 Å². The summed E-state index contributed by atoms with van der Waals surface area (Å²) in [6.45, 7) is 0. The number of nitrogens with zero attached hydrogens (tertiary/aromatic N) is 4. The summed E-state index contributed by atoms with van der Waals surface area (Å²) in [4.78, 5) is 2.54. The molecule has 0 bridgehead atoms. The molecule has 0 atom stereocenters. The van der Waals surface area contributed by atoms with Gasteiger partial charge >= 0.3 is 0 Å². The lowest BCUT2D eigenvalue weighted by Crippen LogP contribution is -2.12. The van der Waals surface area contributed by atoms with Gasteiger partial charge < -0.3 is 18.6 Å². The highest BCUT2D eigenvalue weighted by molar-refractivity contribution is 6.18. The van der Waals surface area contributed by atoms with Gasteiger partial charge in [-0.1, -0.05) is 218 Å². The van der Waals surface area contributed by atoms with E-state index in [1.165, 1.54) is 104 Å². The molecule has 0 aliphatic rings. The largest absolute Gasteiger partial charge is 0.309 e. The van der Waals surface area contributed by atoms with Crippen LogP contribution in [0.3, 0.4) is 0 Å². The minimum Gasteiger partial charge on any atom is -0.309 e. The Kier molecular flexibility index (Phi) is 10.3. The number of para-hydroxylation sites is 6. The Hall–Kier alpha value is -10.9. The average Bonchev–Trinajstić information content (AvgIpc) is 3.43. The monoisotopic (exact) mass is 1040 g/mol. The molecule has 4 heteroatoms. The van der Waals surface area contributed by atoms with Gasteiger partial charge in [0.05, 0.1) is 55.8 Å². The van der Waals surface area contributed by atoms with Crippen molar-refractivity contribution in [1.29, 1.82) is 0 Å². The van der Waals surface area contributed by atoms with Crippen molar-refractivity contribution in [1.82, 2.24) is 13.7 Å². The minimum absolute atomic E-state index is 1.10. The van der Waals surface area contributed by atoms with Gasteiger partial charge in [-0.3, -0.25) is 0 Å². The zero-order valence-electron chi connectivity index (χ0n) is 44.7. The molecule has 17 rings (SSSR count). The van der Waals surface area contributed by atoms with Crippen molar-refractivity contribution in [2.75, 3.05) is 4.90 Å². The average molecular weight is 1040 g/mol.